The molecule has 0 N–H and O–H groups in total. The third kappa shape index (κ3) is 27.8. The summed E-state index contributed by atoms with van der Waals surface area (Å²) in [5, 5.41) is 0.306. The largest absolute Gasteiger partial charge is 0.124 e. The minimum absolute atomic E-state index is 0. The molecule has 0 bridgehead atoms. The molecule has 0 aromatic heterocycles. The average Bonchev–Trinajstić information content (AvgIpc) is 0.811. The van der Waals surface area contributed by atoms with E-state index in [2.05, 4.69) is 0 Å². The van der Waals surface area contributed by atoms with Crippen molar-refractivity contribution < 1.29 is 40.8 Å². The van der Waals surface area contributed by atoms with Gasteiger partial charge in [-0.15, -0.1) is 11.6 Å². The molecule has 0 radical (unpaired) electrons. The molecule has 0 unspecified atom stereocenters. The summed E-state index contributed by atoms with van der Waals surface area (Å²) in [6.45, 7) is 3.86. The maximum absolute atomic E-state index is 5.27. The van der Waals surface area contributed by atoms with Crippen molar-refractivity contribution in [2.45, 2.75) is 19.2 Å². The van der Waals surface area contributed by atoms with Crippen LogP contribution in [0.25, 0.3) is 0 Å². The molecule has 0 rings (SSSR count). The van der Waals surface area contributed by atoms with Gasteiger partial charge < -0.3 is 0 Å². The van der Waals surface area contributed by atoms with E-state index in [1.54, 1.807) is 0 Å². The number of hydrogen-bond donors (Lipinski definition) is 0. The van der Waals surface area contributed by atoms with Crippen molar-refractivity contribution in [3.05, 3.63) is 0 Å². The maximum Gasteiger partial charge on any atom is 0.0279 e. The Kier molecular flexibility index (Phi) is 11.1. The van der Waals surface area contributed by atoms with Crippen LogP contribution >= 0.6 is 11.6 Å². The summed E-state index contributed by atoms with van der Waals surface area (Å²) in [6, 6.07) is 0. The second-order valence-electron chi connectivity index (χ2n) is 1.01. The van der Waals surface area contributed by atoms with Gasteiger partial charge in [-0.05, 0) is 13.8 Å². The molecule has 0 aliphatic rings. The average molecular weight is 223 g/mol. The first kappa shape index (κ1) is 9.81. The molecule has 5 heavy (non-hydrogen) atoms. The molecule has 0 aliphatic heterocycles. The predicted molar refractivity (Wildman–Crippen MR) is 21.0 cm³/mol. The molecule has 0 atom stereocenters. The van der Waals surface area contributed by atoms with E-state index in [-0.39, 0.29) is 40.8 Å². The van der Waals surface area contributed by atoms with Crippen molar-refractivity contribution in [3.8, 4) is 0 Å². The molecular weight excluding hydrogens is 216 g/mol. The van der Waals surface area contributed by atoms with Crippen LogP contribution < -0.4 is 0 Å². The molecule has 0 spiro atoms. The molecule has 0 aromatic carbocycles. The molecule has 0 saturated heterocycles. The first-order chi connectivity index (χ1) is 1.73. The topological polar surface area (TPSA) is 0 Å². The maximum atomic E-state index is 5.27. The van der Waals surface area contributed by atoms with Gasteiger partial charge >= 0.3 is 0 Å². The number of hydrogen-bond acceptors (Lipinski definition) is 0. The quantitative estimate of drug-likeness (QED) is 0.547. The Morgan fingerprint density at radius 3 is 1.40 bits per heavy atom. The van der Waals surface area contributed by atoms with E-state index in [9.17, 15) is 0 Å². The van der Waals surface area contributed by atoms with Crippen LogP contribution in [0.5, 0.6) is 0 Å². The van der Waals surface area contributed by atoms with Crippen molar-refractivity contribution in [1.82, 2.24) is 0 Å². The van der Waals surface area contributed by atoms with Crippen molar-refractivity contribution in [1.29, 1.82) is 0 Å². The number of alkyl halides is 1. The van der Waals surface area contributed by atoms with Crippen molar-refractivity contribution >= 4 is 11.6 Å². The molecule has 0 fully saturated rings. The molecule has 0 aromatic rings. The Labute approximate surface area is 70.8 Å². The summed E-state index contributed by atoms with van der Waals surface area (Å²) in [6.07, 6.45) is 0. The first-order valence-electron chi connectivity index (χ1n) is 1.37. The van der Waals surface area contributed by atoms with Crippen LogP contribution in [0.1, 0.15) is 13.8 Å². The van der Waals surface area contributed by atoms with Crippen molar-refractivity contribution in [3.63, 3.8) is 0 Å². The third-order valence-electron chi connectivity index (χ3n) is 0. The Hall–Kier alpha value is 1.64. The summed E-state index contributed by atoms with van der Waals surface area (Å²) >= 11 is 5.27. The van der Waals surface area contributed by atoms with Crippen LogP contribution in [0.15, 0.2) is 0 Å². The monoisotopic (exact) mass is 220 g/mol. The van der Waals surface area contributed by atoms with E-state index in [4.69, 9.17) is 11.6 Å². The summed E-state index contributed by atoms with van der Waals surface area (Å²) < 4.78 is 0. The van der Waals surface area contributed by atoms with Gasteiger partial charge in [0.1, 0.15) is 0 Å². The summed E-state index contributed by atoms with van der Waals surface area (Å²) in [5.74, 6) is 0. The molecule has 0 aliphatic carbocycles. The Balaban J connectivity index is 0. The van der Waals surface area contributed by atoms with Crippen LogP contribution in [0.3, 0.4) is 0 Å². The van der Waals surface area contributed by atoms with Crippen LogP contribution in [0.2, 0.25) is 0 Å². The Bertz CT molecular complexity index is 11.6. The van der Waals surface area contributed by atoms with Gasteiger partial charge in [-0.25, -0.2) is 0 Å². The van der Waals surface area contributed by atoms with E-state index >= 15 is 0 Å². The van der Waals surface area contributed by atoms with Gasteiger partial charge in [0.2, 0.25) is 0 Å². The fourth-order valence-electron chi connectivity index (χ4n) is 0. The van der Waals surface area contributed by atoms with Crippen LogP contribution in [0.4, 0.5) is 0 Å². The van der Waals surface area contributed by atoms with E-state index in [1.165, 1.54) is 0 Å². The van der Waals surface area contributed by atoms with Crippen molar-refractivity contribution in [2.24, 2.45) is 0 Å². The van der Waals surface area contributed by atoms with Crippen LogP contribution in [-0.2, 0) is 0 Å². The zero-order valence-electron chi connectivity index (χ0n) is 3.46. The molecule has 2 heteroatoms. The Morgan fingerprint density at radius 1 is 1.40 bits per heavy atom. The zero-order chi connectivity index (χ0) is 3.58. The smallest absolute Gasteiger partial charge is 0.0279 e. The molecule has 0 saturated carbocycles. The van der Waals surface area contributed by atoms with Gasteiger partial charge in [-0.3, -0.25) is 0 Å². The molecule has 0 amide bonds. The first-order valence-corrected chi connectivity index (χ1v) is 1.81. The van der Waals surface area contributed by atoms with Gasteiger partial charge in [-0.2, -0.15) is 0 Å². The second-order valence-corrected chi connectivity index (χ2v) is 1.89. The Morgan fingerprint density at radius 2 is 1.40 bits per heavy atom. The molecular formula is C3H7ClNd. The number of rotatable bonds is 0. The minimum Gasteiger partial charge on any atom is -0.124 e. The molecule has 0 heterocycles. The summed E-state index contributed by atoms with van der Waals surface area (Å²) in [7, 11) is 0. The zero-order valence-corrected chi connectivity index (χ0v) is 7.42. The SMILES string of the molecule is CC(C)Cl.[Nd]. The summed E-state index contributed by atoms with van der Waals surface area (Å²) in [4.78, 5) is 0. The van der Waals surface area contributed by atoms with Gasteiger partial charge in [0, 0.05) is 46.2 Å². The van der Waals surface area contributed by atoms with Gasteiger partial charge in [0.25, 0.3) is 0 Å². The number of halogens is 1. The fraction of sp³-hybridized carbons (Fsp3) is 1.00. The summed E-state index contributed by atoms with van der Waals surface area (Å²) in [5.41, 5.74) is 0. The van der Waals surface area contributed by atoms with Crippen LogP contribution in [0, 0.1) is 40.8 Å². The predicted octanol–water partition coefficient (Wildman–Crippen LogP) is 1.63. The second kappa shape index (κ2) is 5.64. The van der Waals surface area contributed by atoms with Crippen LogP contribution in [-0.4, -0.2) is 5.38 Å². The van der Waals surface area contributed by atoms with Gasteiger partial charge in [0.15, 0.2) is 0 Å². The van der Waals surface area contributed by atoms with E-state index < -0.39 is 0 Å². The fourth-order valence-corrected chi connectivity index (χ4v) is 0. The molecule has 0 nitrogen and oxygen atoms in total. The standard InChI is InChI=1S/C3H7Cl.Nd/c1-3(2)4;/h3H,1-2H3;. The third-order valence-corrected chi connectivity index (χ3v) is 0. The van der Waals surface area contributed by atoms with Gasteiger partial charge in [0.05, 0.1) is 0 Å². The van der Waals surface area contributed by atoms with Gasteiger partial charge in [-0.1, -0.05) is 0 Å². The van der Waals surface area contributed by atoms with E-state index in [1.807, 2.05) is 13.8 Å². The minimum atomic E-state index is 0. The van der Waals surface area contributed by atoms with Crippen molar-refractivity contribution in [2.75, 3.05) is 0 Å². The molecule has 30 valence electrons. The normalized spacial score (nSPS) is 7.20. The van der Waals surface area contributed by atoms with E-state index in [0.717, 1.165) is 0 Å². The van der Waals surface area contributed by atoms with E-state index in [0.29, 0.717) is 5.38 Å².